The van der Waals surface area contributed by atoms with Gasteiger partial charge in [-0.2, -0.15) is 0 Å². The molecule has 1 fully saturated rings. The summed E-state index contributed by atoms with van der Waals surface area (Å²) in [6, 6.07) is 27.3. The fraction of sp³-hybridized carbons (Fsp3) is 0.333. The Morgan fingerprint density at radius 1 is 0.829 bits per heavy atom. The van der Waals surface area contributed by atoms with E-state index in [0.717, 1.165) is 43.2 Å². The maximum Gasteiger partial charge on any atom is 0.259 e. The third-order valence-electron chi connectivity index (χ3n) is 7.32. The van der Waals surface area contributed by atoms with E-state index in [-0.39, 0.29) is 11.8 Å². The SMILES string of the molecule is O=C(NCCN1CCC(Cc2ccccc2)CC1)C1Cc2ccccc2N1C(=O)c1ccccc1. The van der Waals surface area contributed by atoms with Crippen LogP contribution in [0.4, 0.5) is 5.69 Å². The summed E-state index contributed by atoms with van der Waals surface area (Å²) >= 11 is 0. The molecular formula is C30H33N3O2. The largest absolute Gasteiger partial charge is 0.353 e. The summed E-state index contributed by atoms with van der Waals surface area (Å²) in [6.07, 6.45) is 4.09. The maximum absolute atomic E-state index is 13.3. The second kappa shape index (κ2) is 10.9. The van der Waals surface area contributed by atoms with Gasteiger partial charge in [-0.25, -0.2) is 0 Å². The van der Waals surface area contributed by atoms with E-state index in [1.165, 1.54) is 18.4 Å². The summed E-state index contributed by atoms with van der Waals surface area (Å²) in [5.41, 5.74) is 3.89. The molecule has 0 saturated carbocycles. The Morgan fingerprint density at radius 3 is 2.23 bits per heavy atom. The number of hydrogen-bond acceptors (Lipinski definition) is 3. The number of benzene rings is 3. The van der Waals surface area contributed by atoms with Crippen molar-refractivity contribution in [3.63, 3.8) is 0 Å². The molecule has 2 amide bonds. The van der Waals surface area contributed by atoms with Crippen LogP contribution >= 0.6 is 0 Å². The van der Waals surface area contributed by atoms with Crippen LogP contribution in [0.5, 0.6) is 0 Å². The molecule has 1 atom stereocenters. The summed E-state index contributed by atoms with van der Waals surface area (Å²) in [5, 5.41) is 3.12. The van der Waals surface area contributed by atoms with Gasteiger partial charge >= 0.3 is 0 Å². The molecule has 1 saturated heterocycles. The molecule has 0 radical (unpaired) electrons. The molecule has 5 rings (SSSR count). The van der Waals surface area contributed by atoms with Gasteiger partial charge in [0.05, 0.1) is 0 Å². The van der Waals surface area contributed by atoms with Gasteiger partial charge in [-0.3, -0.25) is 14.5 Å². The number of piperidine rings is 1. The van der Waals surface area contributed by atoms with Crippen LogP contribution < -0.4 is 10.2 Å². The molecule has 180 valence electrons. The lowest BCUT2D eigenvalue weighted by Crippen LogP contribution is -2.49. The lowest BCUT2D eigenvalue weighted by molar-refractivity contribution is -0.122. The fourth-order valence-corrected chi connectivity index (χ4v) is 5.38. The number of carbonyl (C=O) groups excluding carboxylic acids is 2. The molecule has 3 aromatic carbocycles. The second-order valence-electron chi connectivity index (χ2n) is 9.66. The molecule has 3 aromatic rings. The average Bonchev–Trinajstić information content (AvgIpc) is 3.30. The molecule has 0 bridgehead atoms. The molecular weight excluding hydrogens is 434 g/mol. The van der Waals surface area contributed by atoms with Crippen molar-refractivity contribution in [2.24, 2.45) is 5.92 Å². The minimum Gasteiger partial charge on any atom is -0.353 e. The summed E-state index contributed by atoms with van der Waals surface area (Å²) in [5.74, 6) is 0.526. The molecule has 1 N–H and O–H groups in total. The molecule has 0 spiro atoms. The van der Waals surface area contributed by atoms with Gasteiger partial charge < -0.3 is 10.2 Å². The standard InChI is InChI=1S/C30H33N3O2/c34-29(31-17-20-32-18-15-24(16-19-32)21-23-9-3-1-4-10-23)28-22-26-13-7-8-14-27(26)33(28)30(35)25-11-5-2-6-12-25/h1-14,24,28H,15-22H2,(H,31,34). The summed E-state index contributed by atoms with van der Waals surface area (Å²) < 4.78 is 0. The predicted molar refractivity (Wildman–Crippen MR) is 140 cm³/mol. The monoisotopic (exact) mass is 467 g/mol. The highest BCUT2D eigenvalue weighted by atomic mass is 16.2. The average molecular weight is 468 g/mol. The highest BCUT2D eigenvalue weighted by Gasteiger charge is 2.38. The molecule has 1 unspecified atom stereocenters. The smallest absolute Gasteiger partial charge is 0.259 e. The molecule has 5 nitrogen and oxygen atoms in total. The third kappa shape index (κ3) is 5.46. The van der Waals surface area contributed by atoms with Crippen LogP contribution in [-0.4, -0.2) is 48.9 Å². The first-order valence-corrected chi connectivity index (χ1v) is 12.7. The van der Waals surface area contributed by atoms with E-state index >= 15 is 0 Å². The molecule has 35 heavy (non-hydrogen) atoms. The number of likely N-dealkylation sites (tertiary alicyclic amines) is 1. The Kier molecular flexibility index (Phi) is 7.24. The van der Waals surface area contributed by atoms with Gasteiger partial charge in [0.15, 0.2) is 0 Å². The lowest BCUT2D eigenvalue weighted by Gasteiger charge is -2.32. The zero-order valence-electron chi connectivity index (χ0n) is 20.1. The molecule has 0 aliphatic carbocycles. The van der Waals surface area contributed by atoms with E-state index in [9.17, 15) is 9.59 Å². The zero-order valence-corrected chi connectivity index (χ0v) is 20.1. The molecule has 5 heteroatoms. The third-order valence-corrected chi connectivity index (χ3v) is 7.32. The van der Waals surface area contributed by atoms with Gasteiger partial charge in [0.1, 0.15) is 6.04 Å². The van der Waals surface area contributed by atoms with Crippen LogP contribution in [0.3, 0.4) is 0 Å². The van der Waals surface area contributed by atoms with Crippen molar-refractivity contribution in [3.05, 3.63) is 102 Å². The van der Waals surface area contributed by atoms with Crippen LogP contribution in [0, 0.1) is 5.92 Å². The Hall–Kier alpha value is -3.44. The lowest BCUT2D eigenvalue weighted by atomic mass is 9.90. The maximum atomic E-state index is 13.3. The van der Waals surface area contributed by atoms with Crippen molar-refractivity contribution in [3.8, 4) is 0 Å². The highest BCUT2D eigenvalue weighted by Crippen LogP contribution is 2.33. The van der Waals surface area contributed by atoms with Crippen molar-refractivity contribution in [1.82, 2.24) is 10.2 Å². The Bertz CT molecular complexity index is 1140. The van der Waals surface area contributed by atoms with E-state index in [2.05, 4.69) is 40.5 Å². The first-order chi connectivity index (χ1) is 17.2. The summed E-state index contributed by atoms with van der Waals surface area (Å²) in [6.45, 7) is 3.58. The molecule has 2 heterocycles. The van der Waals surface area contributed by atoms with Gasteiger partial charge in [-0.15, -0.1) is 0 Å². The normalized spacial score (nSPS) is 18.3. The van der Waals surface area contributed by atoms with Gasteiger partial charge in [-0.1, -0.05) is 66.7 Å². The number of rotatable bonds is 7. The molecule has 0 aromatic heterocycles. The van der Waals surface area contributed by atoms with Crippen molar-refractivity contribution >= 4 is 17.5 Å². The predicted octanol–water partition coefficient (Wildman–Crippen LogP) is 4.33. The van der Waals surface area contributed by atoms with Crippen molar-refractivity contribution in [2.75, 3.05) is 31.1 Å². The quantitative estimate of drug-likeness (QED) is 0.563. The highest BCUT2D eigenvalue weighted by molar-refractivity contribution is 6.11. The van der Waals surface area contributed by atoms with Gasteiger partial charge in [0.25, 0.3) is 5.91 Å². The van der Waals surface area contributed by atoms with Crippen LogP contribution in [-0.2, 0) is 17.6 Å². The topological polar surface area (TPSA) is 52.7 Å². The number of carbonyl (C=O) groups is 2. The number of anilines is 1. The van der Waals surface area contributed by atoms with E-state index in [4.69, 9.17) is 0 Å². The van der Waals surface area contributed by atoms with Crippen LogP contribution in [0.25, 0.3) is 0 Å². The molecule has 2 aliphatic heterocycles. The molecule has 2 aliphatic rings. The second-order valence-corrected chi connectivity index (χ2v) is 9.66. The van der Waals surface area contributed by atoms with Crippen molar-refractivity contribution in [2.45, 2.75) is 31.7 Å². The minimum absolute atomic E-state index is 0.0792. The number of fused-ring (bicyclic) bond motifs is 1. The van der Waals surface area contributed by atoms with Crippen LogP contribution in [0.15, 0.2) is 84.9 Å². The first kappa shape index (κ1) is 23.3. The Labute approximate surface area is 207 Å². The fourth-order valence-electron chi connectivity index (χ4n) is 5.38. The number of para-hydroxylation sites is 1. The van der Waals surface area contributed by atoms with Crippen molar-refractivity contribution < 1.29 is 9.59 Å². The first-order valence-electron chi connectivity index (χ1n) is 12.7. The number of nitrogens with zero attached hydrogens (tertiary/aromatic N) is 2. The van der Waals surface area contributed by atoms with Gasteiger partial charge in [0.2, 0.25) is 5.91 Å². The van der Waals surface area contributed by atoms with E-state index in [0.29, 0.717) is 18.5 Å². The van der Waals surface area contributed by atoms with Crippen LogP contribution in [0.2, 0.25) is 0 Å². The van der Waals surface area contributed by atoms with E-state index in [1.807, 2.05) is 42.5 Å². The van der Waals surface area contributed by atoms with E-state index < -0.39 is 6.04 Å². The summed E-state index contributed by atoms with van der Waals surface area (Å²) in [4.78, 5) is 30.7. The Morgan fingerprint density at radius 2 is 1.49 bits per heavy atom. The number of nitrogens with one attached hydrogen (secondary N) is 1. The summed E-state index contributed by atoms with van der Waals surface area (Å²) in [7, 11) is 0. The number of hydrogen-bond donors (Lipinski definition) is 1. The minimum atomic E-state index is -0.517. The van der Waals surface area contributed by atoms with Crippen molar-refractivity contribution in [1.29, 1.82) is 0 Å². The van der Waals surface area contributed by atoms with Gasteiger partial charge in [0, 0.05) is 30.8 Å². The zero-order chi connectivity index (χ0) is 24.0. The van der Waals surface area contributed by atoms with E-state index in [1.54, 1.807) is 17.0 Å². The van der Waals surface area contributed by atoms with Crippen LogP contribution in [0.1, 0.15) is 34.3 Å². The number of amides is 2. The van der Waals surface area contributed by atoms with Gasteiger partial charge in [-0.05, 0) is 67.6 Å². The Balaban J connectivity index is 1.14.